The average Bonchev–Trinajstić information content (AvgIpc) is 2.23. The maximum absolute atomic E-state index is 5.91. The van der Waals surface area contributed by atoms with Crippen LogP contribution in [0.5, 0.6) is 5.75 Å². The maximum atomic E-state index is 5.91. The lowest BCUT2D eigenvalue weighted by atomic mass is 10.1. The van der Waals surface area contributed by atoms with Gasteiger partial charge in [0.2, 0.25) is 0 Å². The quantitative estimate of drug-likeness (QED) is 0.774. The van der Waals surface area contributed by atoms with Crippen molar-refractivity contribution in [2.24, 2.45) is 5.73 Å². The van der Waals surface area contributed by atoms with Gasteiger partial charge in [0.1, 0.15) is 12.4 Å². The first-order valence-electron chi connectivity index (χ1n) is 6.11. The molecule has 96 valence electrons. The van der Waals surface area contributed by atoms with Crippen molar-refractivity contribution in [2.75, 3.05) is 13.2 Å². The third-order valence-corrected chi connectivity index (χ3v) is 2.45. The van der Waals surface area contributed by atoms with Crippen LogP contribution in [0.2, 0.25) is 0 Å². The Morgan fingerprint density at radius 3 is 2.47 bits per heavy atom. The molecule has 0 aliphatic carbocycles. The summed E-state index contributed by atoms with van der Waals surface area (Å²) in [6.07, 6.45) is 0.240. The zero-order valence-electron chi connectivity index (χ0n) is 11.2. The number of nitrogens with two attached hydrogens (primary N) is 1. The summed E-state index contributed by atoms with van der Waals surface area (Å²) in [7, 11) is 0. The molecule has 1 aromatic carbocycles. The molecule has 3 heteroatoms. The SMILES string of the molecule is Cc1ccc(C(C)N)c(OCCOC(C)C)c1. The van der Waals surface area contributed by atoms with Gasteiger partial charge in [0.25, 0.3) is 0 Å². The fourth-order valence-corrected chi connectivity index (χ4v) is 1.58. The van der Waals surface area contributed by atoms with Gasteiger partial charge in [-0.15, -0.1) is 0 Å². The van der Waals surface area contributed by atoms with Gasteiger partial charge in [-0.05, 0) is 39.3 Å². The van der Waals surface area contributed by atoms with Crippen LogP contribution >= 0.6 is 0 Å². The van der Waals surface area contributed by atoms with Gasteiger partial charge in [-0.25, -0.2) is 0 Å². The van der Waals surface area contributed by atoms with Crippen LogP contribution in [0.1, 0.15) is 37.9 Å². The third kappa shape index (κ3) is 4.75. The predicted octanol–water partition coefficient (Wildman–Crippen LogP) is 2.82. The zero-order valence-corrected chi connectivity index (χ0v) is 11.2. The fraction of sp³-hybridized carbons (Fsp3) is 0.571. The van der Waals surface area contributed by atoms with Gasteiger partial charge in [-0.2, -0.15) is 0 Å². The second-order valence-corrected chi connectivity index (χ2v) is 4.60. The first kappa shape index (κ1) is 14.0. The van der Waals surface area contributed by atoms with Crippen LogP contribution in [0.25, 0.3) is 0 Å². The summed E-state index contributed by atoms with van der Waals surface area (Å²) >= 11 is 0. The van der Waals surface area contributed by atoms with E-state index in [0.717, 1.165) is 11.3 Å². The Hall–Kier alpha value is -1.06. The van der Waals surface area contributed by atoms with Crippen molar-refractivity contribution in [3.8, 4) is 5.75 Å². The molecule has 0 amide bonds. The third-order valence-electron chi connectivity index (χ3n) is 2.45. The van der Waals surface area contributed by atoms with E-state index in [1.165, 1.54) is 5.56 Å². The van der Waals surface area contributed by atoms with E-state index in [4.69, 9.17) is 15.2 Å². The Morgan fingerprint density at radius 1 is 1.18 bits per heavy atom. The average molecular weight is 237 g/mol. The molecule has 17 heavy (non-hydrogen) atoms. The number of hydrogen-bond acceptors (Lipinski definition) is 3. The van der Waals surface area contributed by atoms with Gasteiger partial charge in [0, 0.05) is 11.6 Å². The largest absolute Gasteiger partial charge is 0.491 e. The molecule has 2 N–H and O–H groups in total. The zero-order chi connectivity index (χ0) is 12.8. The van der Waals surface area contributed by atoms with Gasteiger partial charge in [-0.3, -0.25) is 0 Å². The van der Waals surface area contributed by atoms with E-state index in [1.807, 2.05) is 39.8 Å². The number of aryl methyl sites for hydroxylation is 1. The summed E-state index contributed by atoms with van der Waals surface area (Å²) in [5.74, 6) is 0.868. The lowest BCUT2D eigenvalue weighted by Crippen LogP contribution is -2.13. The van der Waals surface area contributed by atoms with E-state index in [2.05, 4.69) is 6.07 Å². The highest BCUT2D eigenvalue weighted by Gasteiger charge is 2.08. The molecular formula is C14H23NO2. The monoisotopic (exact) mass is 237 g/mol. The highest BCUT2D eigenvalue weighted by atomic mass is 16.5. The maximum Gasteiger partial charge on any atom is 0.124 e. The molecule has 0 aliphatic heterocycles. The van der Waals surface area contributed by atoms with Gasteiger partial charge >= 0.3 is 0 Å². The number of rotatable bonds is 6. The molecule has 0 aromatic heterocycles. The summed E-state index contributed by atoms with van der Waals surface area (Å²) in [6.45, 7) is 9.19. The lowest BCUT2D eigenvalue weighted by Gasteiger charge is -2.15. The van der Waals surface area contributed by atoms with Crippen molar-refractivity contribution in [1.29, 1.82) is 0 Å². The smallest absolute Gasteiger partial charge is 0.124 e. The van der Waals surface area contributed by atoms with Crippen LogP contribution in [0.4, 0.5) is 0 Å². The van der Waals surface area contributed by atoms with E-state index < -0.39 is 0 Å². The molecule has 0 saturated carbocycles. The lowest BCUT2D eigenvalue weighted by molar-refractivity contribution is 0.0550. The molecule has 1 atom stereocenters. The topological polar surface area (TPSA) is 44.5 Å². The summed E-state index contributed by atoms with van der Waals surface area (Å²) in [5, 5.41) is 0. The Kier molecular flexibility index (Phi) is 5.45. The number of ether oxygens (including phenoxy) is 2. The van der Waals surface area contributed by atoms with Gasteiger partial charge in [-0.1, -0.05) is 12.1 Å². The van der Waals surface area contributed by atoms with Crippen molar-refractivity contribution in [3.63, 3.8) is 0 Å². The molecule has 1 aromatic rings. The number of benzene rings is 1. The first-order valence-corrected chi connectivity index (χ1v) is 6.11. The summed E-state index contributed by atoms with van der Waals surface area (Å²) in [4.78, 5) is 0. The van der Waals surface area contributed by atoms with E-state index in [0.29, 0.717) is 13.2 Å². The molecule has 1 rings (SSSR count). The summed E-state index contributed by atoms with van der Waals surface area (Å²) in [6, 6.07) is 6.08. The Labute approximate surface area is 104 Å². The summed E-state index contributed by atoms with van der Waals surface area (Å²) in [5.41, 5.74) is 8.12. The molecule has 1 unspecified atom stereocenters. The minimum Gasteiger partial charge on any atom is -0.491 e. The van der Waals surface area contributed by atoms with Crippen LogP contribution in [0.3, 0.4) is 0 Å². The van der Waals surface area contributed by atoms with Crippen LogP contribution in [0.15, 0.2) is 18.2 Å². The van der Waals surface area contributed by atoms with Crippen LogP contribution in [-0.4, -0.2) is 19.3 Å². The molecular weight excluding hydrogens is 214 g/mol. The van der Waals surface area contributed by atoms with E-state index in [-0.39, 0.29) is 12.1 Å². The van der Waals surface area contributed by atoms with Crippen molar-refractivity contribution >= 4 is 0 Å². The predicted molar refractivity (Wildman–Crippen MR) is 70.4 cm³/mol. The van der Waals surface area contributed by atoms with Gasteiger partial charge in [0.05, 0.1) is 12.7 Å². The first-order chi connectivity index (χ1) is 8.00. The van der Waals surface area contributed by atoms with Gasteiger partial charge in [0.15, 0.2) is 0 Å². The minimum absolute atomic E-state index is 0.0170. The van der Waals surface area contributed by atoms with Crippen LogP contribution < -0.4 is 10.5 Å². The molecule has 0 saturated heterocycles. The molecule has 0 spiro atoms. The standard InChI is InChI=1S/C14H23NO2/c1-10(2)16-7-8-17-14-9-11(3)5-6-13(14)12(4)15/h5-6,9-10,12H,7-8,15H2,1-4H3. The highest BCUT2D eigenvalue weighted by molar-refractivity contribution is 5.38. The van der Waals surface area contributed by atoms with Gasteiger partial charge < -0.3 is 15.2 Å². The second-order valence-electron chi connectivity index (χ2n) is 4.60. The normalized spacial score (nSPS) is 12.8. The Balaban J connectivity index is 2.59. The molecule has 0 bridgehead atoms. The van der Waals surface area contributed by atoms with E-state index >= 15 is 0 Å². The molecule has 0 radical (unpaired) electrons. The molecule has 0 aliphatic rings. The van der Waals surface area contributed by atoms with Crippen molar-refractivity contribution in [3.05, 3.63) is 29.3 Å². The van der Waals surface area contributed by atoms with E-state index in [1.54, 1.807) is 0 Å². The molecule has 0 heterocycles. The minimum atomic E-state index is -0.0170. The van der Waals surface area contributed by atoms with Crippen molar-refractivity contribution < 1.29 is 9.47 Å². The summed E-state index contributed by atoms with van der Waals surface area (Å²) < 4.78 is 11.2. The molecule has 3 nitrogen and oxygen atoms in total. The van der Waals surface area contributed by atoms with Crippen molar-refractivity contribution in [1.82, 2.24) is 0 Å². The van der Waals surface area contributed by atoms with Crippen LogP contribution in [0, 0.1) is 6.92 Å². The Morgan fingerprint density at radius 2 is 1.88 bits per heavy atom. The number of hydrogen-bond donors (Lipinski definition) is 1. The van der Waals surface area contributed by atoms with E-state index in [9.17, 15) is 0 Å². The van der Waals surface area contributed by atoms with Crippen molar-refractivity contribution in [2.45, 2.75) is 39.8 Å². The highest BCUT2D eigenvalue weighted by Crippen LogP contribution is 2.24. The van der Waals surface area contributed by atoms with Crippen LogP contribution in [-0.2, 0) is 4.74 Å². The Bertz CT molecular complexity index is 348. The fourth-order valence-electron chi connectivity index (χ4n) is 1.58. The second kappa shape index (κ2) is 6.62. The molecule has 0 fully saturated rings.